The molecule has 2 rings (SSSR count). The second kappa shape index (κ2) is 5.68. The fraction of sp³-hybridized carbons (Fsp3) is 0.154. The zero-order valence-electron chi connectivity index (χ0n) is 10.1. The fourth-order valence-corrected chi connectivity index (χ4v) is 1.71. The molecular weight excluding hydrogens is 293 g/mol. The van der Waals surface area contributed by atoms with Gasteiger partial charge >= 0.3 is 6.18 Å². The molecule has 20 heavy (non-hydrogen) atoms. The summed E-state index contributed by atoms with van der Waals surface area (Å²) >= 11 is 5.82. The Morgan fingerprint density at radius 2 is 1.95 bits per heavy atom. The van der Waals surface area contributed by atoms with E-state index >= 15 is 0 Å². The van der Waals surface area contributed by atoms with Crippen molar-refractivity contribution in [1.82, 2.24) is 4.98 Å². The molecule has 0 saturated carbocycles. The molecule has 7 heteroatoms. The van der Waals surface area contributed by atoms with Crippen molar-refractivity contribution in [2.45, 2.75) is 12.7 Å². The average molecular weight is 303 g/mol. The minimum absolute atomic E-state index is 0.170. The molecule has 2 aromatic rings. The van der Waals surface area contributed by atoms with E-state index in [1.54, 1.807) is 12.1 Å². The molecule has 0 aliphatic heterocycles. The van der Waals surface area contributed by atoms with Gasteiger partial charge in [-0.2, -0.15) is 13.2 Å². The highest BCUT2D eigenvalue weighted by Crippen LogP contribution is 2.32. The Bertz CT molecular complexity index is 617. The van der Waals surface area contributed by atoms with Gasteiger partial charge in [0.05, 0.1) is 5.56 Å². The van der Waals surface area contributed by atoms with Crippen molar-refractivity contribution < 1.29 is 17.9 Å². The van der Waals surface area contributed by atoms with E-state index < -0.39 is 11.7 Å². The maximum atomic E-state index is 12.6. The van der Waals surface area contributed by atoms with Crippen LogP contribution in [0.15, 0.2) is 36.5 Å². The lowest BCUT2D eigenvalue weighted by molar-refractivity contribution is -0.137. The number of benzene rings is 1. The molecule has 0 atom stereocenters. The summed E-state index contributed by atoms with van der Waals surface area (Å²) in [6.07, 6.45) is -3.42. The summed E-state index contributed by atoms with van der Waals surface area (Å²) in [6, 6.07) is 6.43. The number of nitrogens with zero attached hydrogens (tertiary/aromatic N) is 1. The van der Waals surface area contributed by atoms with Crippen molar-refractivity contribution >= 4 is 11.6 Å². The standard InChI is InChI=1S/C13H10ClF3N2O/c14-10-2-1-8(7-18)11(6-10)20-12-5-9(3-4-19-12)13(15,16)17/h1-6H,7,18H2. The normalized spacial score (nSPS) is 11.4. The molecule has 0 spiro atoms. The number of aromatic nitrogens is 1. The second-order valence-electron chi connectivity index (χ2n) is 3.94. The largest absolute Gasteiger partial charge is 0.439 e. The van der Waals surface area contributed by atoms with Gasteiger partial charge in [0.1, 0.15) is 5.75 Å². The summed E-state index contributed by atoms with van der Waals surface area (Å²) in [5.74, 6) is 0.114. The molecule has 0 unspecified atom stereocenters. The van der Waals surface area contributed by atoms with Crippen LogP contribution in [0.4, 0.5) is 13.2 Å². The van der Waals surface area contributed by atoms with Crippen molar-refractivity contribution in [3.8, 4) is 11.6 Å². The zero-order chi connectivity index (χ0) is 14.8. The van der Waals surface area contributed by atoms with Crippen LogP contribution in [-0.4, -0.2) is 4.98 Å². The minimum atomic E-state index is -4.45. The van der Waals surface area contributed by atoms with Crippen molar-refractivity contribution in [1.29, 1.82) is 0 Å². The Morgan fingerprint density at radius 1 is 1.20 bits per heavy atom. The van der Waals surface area contributed by atoms with Gasteiger partial charge in [0.25, 0.3) is 0 Å². The monoisotopic (exact) mass is 302 g/mol. The van der Waals surface area contributed by atoms with Crippen LogP contribution in [0.5, 0.6) is 11.6 Å². The van der Waals surface area contributed by atoms with E-state index in [4.69, 9.17) is 22.1 Å². The Labute approximate surface area is 118 Å². The highest BCUT2D eigenvalue weighted by atomic mass is 35.5. The van der Waals surface area contributed by atoms with Crippen LogP contribution >= 0.6 is 11.6 Å². The highest BCUT2D eigenvalue weighted by Gasteiger charge is 2.31. The maximum Gasteiger partial charge on any atom is 0.416 e. The summed E-state index contributed by atoms with van der Waals surface area (Å²) in [4.78, 5) is 3.75. The lowest BCUT2D eigenvalue weighted by atomic mass is 10.2. The molecule has 0 aliphatic rings. The third kappa shape index (κ3) is 3.40. The van der Waals surface area contributed by atoms with Gasteiger partial charge in [-0.1, -0.05) is 17.7 Å². The minimum Gasteiger partial charge on any atom is -0.439 e. The predicted molar refractivity (Wildman–Crippen MR) is 68.7 cm³/mol. The van der Waals surface area contributed by atoms with E-state index in [-0.39, 0.29) is 18.2 Å². The second-order valence-corrected chi connectivity index (χ2v) is 4.38. The first-order valence-corrected chi connectivity index (χ1v) is 5.97. The van der Waals surface area contributed by atoms with Gasteiger partial charge in [-0.15, -0.1) is 0 Å². The molecule has 0 bridgehead atoms. The fourth-order valence-electron chi connectivity index (χ4n) is 1.55. The van der Waals surface area contributed by atoms with Crippen LogP contribution in [0.1, 0.15) is 11.1 Å². The summed E-state index contributed by atoms with van der Waals surface area (Å²) < 4.78 is 43.1. The van der Waals surface area contributed by atoms with Gasteiger partial charge in [-0.3, -0.25) is 0 Å². The van der Waals surface area contributed by atoms with Crippen molar-refractivity contribution in [3.05, 3.63) is 52.7 Å². The Balaban J connectivity index is 2.33. The lowest BCUT2D eigenvalue weighted by Crippen LogP contribution is -2.05. The molecule has 2 N–H and O–H groups in total. The third-order valence-corrected chi connectivity index (χ3v) is 2.76. The Kier molecular flexibility index (Phi) is 4.15. The molecule has 3 nitrogen and oxygen atoms in total. The van der Waals surface area contributed by atoms with Crippen LogP contribution in [-0.2, 0) is 12.7 Å². The number of hydrogen-bond acceptors (Lipinski definition) is 3. The molecule has 1 aromatic heterocycles. The lowest BCUT2D eigenvalue weighted by Gasteiger charge is -2.11. The summed E-state index contributed by atoms with van der Waals surface area (Å²) in [5.41, 5.74) is 5.31. The van der Waals surface area contributed by atoms with Gasteiger partial charge < -0.3 is 10.5 Å². The first kappa shape index (κ1) is 14.6. The number of pyridine rings is 1. The van der Waals surface area contributed by atoms with Gasteiger partial charge in [0.15, 0.2) is 0 Å². The van der Waals surface area contributed by atoms with Gasteiger partial charge in [-0.25, -0.2) is 4.98 Å². The van der Waals surface area contributed by atoms with E-state index in [0.717, 1.165) is 18.3 Å². The third-order valence-electron chi connectivity index (χ3n) is 2.53. The summed E-state index contributed by atoms with van der Waals surface area (Å²) in [5, 5.41) is 0.393. The molecule has 1 heterocycles. The van der Waals surface area contributed by atoms with E-state index in [0.29, 0.717) is 10.6 Å². The van der Waals surface area contributed by atoms with Crippen LogP contribution in [0.2, 0.25) is 5.02 Å². The number of hydrogen-bond donors (Lipinski definition) is 1. The van der Waals surface area contributed by atoms with E-state index in [9.17, 15) is 13.2 Å². The van der Waals surface area contributed by atoms with E-state index in [1.165, 1.54) is 6.07 Å². The quantitative estimate of drug-likeness (QED) is 0.932. The molecule has 0 aliphatic carbocycles. The average Bonchev–Trinajstić information content (AvgIpc) is 2.38. The van der Waals surface area contributed by atoms with Gasteiger partial charge in [0.2, 0.25) is 5.88 Å². The molecular formula is C13H10ClF3N2O. The molecule has 0 amide bonds. The first-order valence-electron chi connectivity index (χ1n) is 5.60. The summed E-state index contributed by atoms with van der Waals surface area (Å²) in [6.45, 7) is 0.172. The SMILES string of the molecule is NCc1ccc(Cl)cc1Oc1cc(C(F)(F)F)ccn1. The van der Waals surface area contributed by atoms with Crippen molar-refractivity contribution in [3.63, 3.8) is 0 Å². The van der Waals surface area contributed by atoms with E-state index in [2.05, 4.69) is 4.98 Å². The molecule has 0 radical (unpaired) electrons. The van der Waals surface area contributed by atoms with Crippen LogP contribution < -0.4 is 10.5 Å². The number of halogens is 4. The predicted octanol–water partition coefficient (Wildman–Crippen LogP) is 4.00. The highest BCUT2D eigenvalue weighted by molar-refractivity contribution is 6.30. The summed E-state index contributed by atoms with van der Waals surface area (Å²) in [7, 11) is 0. The van der Waals surface area contributed by atoms with Gasteiger partial charge in [-0.05, 0) is 18.2 Å². The van der Waals surface area contributed by atoms with Crippen LogP contribution in [0.25, 0.3) is 0 Å². The van der Waals surface area contributed by atoms with Crippen LogP contribution in [0.3, 0.4) is 0 Å². The topological polar surface area (TPSA) is 48.1 Å². The number of alkyl halides is 3. The zero-order valence-corrected chi connectivity index (χ0v) is 10.9. The Morgan fingerprint density at radius 3 is 2.60 bits per heavy atom. The van der Waals surface area contributed by atoms with Crippen molar-refractivity contribution in [2.75, 3.05) is 0 Å². The first-order chi connectivity index (χ1) is 9.40. The number of rotatable bonds is 3. The number of nitrogens with two attached hydrogens (primary N) is 1. The molecule has 1 aromatic carbocycles. The molecule has 0 saturated heterocycles. The molecule has 0 fully saturated rings. The Hall–Kier alpha value is -1.79. The van der Waals surface area contributed by atoms with Crippen LogP contribution in [0, 0.1) is 0 Å². The van der Waals surface area contributed by atoms with E-state index in [1.807, 2.05) is 0 Å². The van der Waals surface area contributed by atoms with Crippen molar-refractivity contribution in [2.24, 2.45) is 5.73 Å². The van der Waals surface area contributed by atoms with Gasteiger partial charge in [0, 0.05) is 29.4 Å². The molecule has 106 valence electrons. The smallest absolute Gasteiger partial charge is 0.416 e. The maximum absolute atomic E-state index is 12.6. The number of ether oxygens (including phenoxy) is 1.